The first kappa shape index (κ1) is 18.6. The molecule has 0 heterocycles. The lowest BCUT2D eigenvalue weighted by Crippen LogP contribution is -2.20. The molecule has 0 bridgehead atoms. The van der Waals surface area contributed by atoms with Crippen molar-refractivity contribution in [1.82, 2.24) is 5.32 Å². The predicted molar refractivity (Wildman–Crippen MR) is 98.2 cm³/mol. The third kappa shape index (κ3) is 4.65. The van der Waals surface area contributed by atoms with Gasteiger partial charge in [0, 0.05) is 5.41 Å². The highest BCUT2D eigenvalue weighted by Crippen LogP contribution is 2.22. The van der Waals surface area contributed by atoms with Crippen LogP contribution < -0.4 is 11.1 Å². The Bertz CT molecular complexity index is 923. The second kappa shape index (κ2) is 7.91. The van der Waals surface area contributed by atoms with E-state index >= 15 is 0 Å². The van der Waals surface area contributed by atoms with Crippen molar-refractivity contribution in [2.45, 2.75) is 4.90 Å². The summed E-state index contributed by atoms with van der Waals surface area (Å²) in [4.78, 5) is 12.1. The van der Waals surface area contributed by atoms with Gasteiger partial charge >= 0.3 is 0 Å². The molecular formula is C17H16N2O4S2. The van der Waals surface area contributed by atoms with Gasteiger partial charge in [0.05, 0.1) is 15.5 Å². The van der Waals surface area contributed by atoms with E-state index < -0.39 is 15.7 Å². The molecule has 0 aromatic heterocycles. The lowest BCUT2D eigenvalue weighted by molar-refractivity contribution is 0.0966. The van der Waals surface area contributed by atoms with Gasteiger partial charge in [0.15, 0.2) is 0 Å². The molecule has 1 amide bonds. The number of hydrogen-bond donors (Lipinski definition) is 3. The molecule has 2 aromatic rings. The highest BCUT2D eigenvalue weighted by molar-refractivity contribution is 8.06. The van der Waals surface area contributed by atoms with Gasteiger partial charge in [-0.3, -0.25) is 4.79 Å². The van der Waals surface area contributed by atoms with Crippen LogP contribution in [0.25, 0.3) is 0 Å². The summed E-state index contributed by atoms with van der Waals surface area (Å²) in [5.41, 5.74) is 5.74. The van der Waals surface area contributed by atoms with E-state index in [0.29, 0.717) is 0 Å². The number of hydrogen-bond acceptors (Lipinski definition) is 6. The topological polar surface area (TPSA) is 109 Å². The normalized spacial score (nSPS) is 11.8. The van der Waals surface area contributed by atoms with Crippen LogP contribution in [0.15, 0.2) is 81.5 Å². The Kier molecular flexibility index (Phi) is 5.89. The Morgan fingerprint density at radius 2 is 1.72 bits per heavy atom. The number of aromatic hydroxyl groups is 1. The lowest BCUT2D eigenvalue weighted by atomic mass is 10.2. The van der Waals surface area contributed by atoms with Crippen LogP contribution >= 0.6 is 11.8 Å². The van der Waals surface area contributed by atoms with Gasteiger partial charge in [-0.2, -0.15) is 0 Å². The molecule has 8 heteroatoms. The Morgan fingerprint density at radius 1 is 1.12 bits per heavy atom. The molecule has 130 valence electrons. The smallest absolute Gasteiger partial charge is 0.259 e. The minimum Gasteiger partial charge on any atom is -0.507 e. The highest BCUT2D eigenvalue weighted by atomic mass is 32.2. The summed E-state index contributed by atoms with van der Waals surface area (Å²) in [5, 5.41) is 13.1. The number of nitrogens with two attached hydrogens (primary N) is 1. The minimum absolute atomic E-state index is 0.0770. The molecule has 0 unspecified atom stereocenters. The molecule has 0 saturated heterocycles. The SMILES string of the molecule is C=C(NC(=O)c1ccccc1O)S/C=C(\N)S(=O)(=O)c1ccccc1. The zero-order valence-electron chi connectivity index (χ0n) is 13.0. The van der Waals surface area contributed by atoms with Gasteiger partial charge < -0.3 is 16.2 Å². The Hall–Kier alpha value is -2.71. The minimum atomic E-state index is -3.80. The molecule has 0 aliphatic carbocycles. The van der Waals surface area contributed by atoms with E-state index in [2.05, 4.69) is 11.9 Å². The summed E-state index contributed by atoms with van der Waals surface area (Å²) >= 11 is 0.861. The molecule has 0 radical (unpaired) electrons. The summed E-state index contributed by atoms with van der Waals surface area (Å²) in [6.07, 6.45) is 0. The molecule has 0 spiro atoms. The van der Waals surface area contributed by atoms with E-state index in [1.54, 1.807) is 30.3 Å². The summed E-state index contributed by atoms with van der Waals surface area (Å²) in [6.45, 7) is 3.63. The molecule has 2 rings (SSSR count). The number of rotatable bonds is 6. The van der Waals surface area contributed by atoms with Crippen LogP contribution in [0, 0.1) is 0 Å². The highest BCUT2D eigenvalue weighted by Gasteiger charge is 2.18. The fourth-order valence-corrected chi connectivity index (χ4v) is 3.67. The molecule has 0 aliphatic heterocycles. The van der Waals surface area contributed by atoms with Crippen LogP contribution in [-0.4, -0.2) is 19.4 Å². The molecule has 0 aliphatic rings. The zero-order chi connectivity index (χ0) is 18.4. The van der Waals surface area contributed by atoms with E-state index in [9.17, 15) is 18.3 Å². The number of thioether (sulfide) groups is 1. The number of amides is 1. The van der Waals surface area contributed by atoms with Crippen molar-refractivity contribution >= 4 is 27.5 Å². The quantitative estimate of drug-likeness (QED) is 0.715. The number of sulfone groups is 1. The molecule has 0 atom stereocenters. The Labute approximate surface area is 150 Å². The monoisotopic (exact) mass is 376 g/mol. The maximum atomic E-state index is 12.3. The van der Waals surface area contributed by atoms with Gasteiger partial charge in [-0.15, -0.1) is 0 Å². The number of phenols is 1. The van der Waals surface area contributed by atoms with Gasteiger partial charge in [-0.1, -0.05) is 48.7 Å². The second-order valence-electron chi connectivity index (χ2n) is 4.85. The van der Waals surface area contributed by atoms with Crippen molar-refractivity contribution in [3.05, 3.63) is 82.2 Å². The van der Waals surface area contributed by atoms with Crippen molar-refractivity contribution in [3.8, 4) is 5.75 Å². The van der Waals surface area contributed by atoms with Gasteiger partial charge in [0.2, 0.25) is 9.84 Å². The molecule has 25 heavy (non-hydrogen) atoms. The number of nitrogens with one attached hydrogen (secondary N) is 1. The molecule has 0 fully saturated rings. The van der Waals surface area contributed by atoms with Crippen LogP contribution in [0.2, 0.25) is 0 Å². The zero-order valence-corrected chi connectivity index (χ0v) is 14.7. The van der Waals surface area contributed by atoms with Gasteiger partial charge in [0.25, 0.3) is 5.91 Å². The third-order valence-electron chi connectivity index (χ3n) is 3.08. The van der Waals surface area contributed by atoms with E-state index in [1.807, 2.05) is 0 Å². The first-order chi connectivity index (χ1) is 11.8. The van der Waals surface area contributed by atoms with Crippen molar-refractivity contribution < 1.29 is 18.3 Å². The van der Waals surface area contributed by atoms with E-state index in [-0.39, 0.29) is 26.3 Å². The number of benzene rings is 2. The fraction of sp³-hybridized carbons (Fsp3) is 0. The van der Waals surface area contributed by atoms with Crippen LogP contribution in [0.4, 0.5) is 0 Å². The standard InChI is InChI=1S/C17H16N2O4S2/c1-12(19-17(21)14-9-5-6-10-15(14)20)24-11-16(18)25(22,23)13-7-3-2-4-8-13/h2-11,20H,1,18H2,(H,19,21)/b16-11+. The van der Waals surface area contributed by atoms with Crippen LogP contribution in [0.1, 0.15) is 10.4 Å². The Morgan fingerprint density at radius 3 is 2.36 bits per heavy atom. The predicted octanol–water partition coefficient (Wildman–Crippen LogP) is 2.56. The maximum absolute atomic E-state index is 12.3. The van der Waals surface area contributed by atoms with Crippen molar-refractivity contribution in [1.29, 1.82) is 0 Å². The van der Waals surface area contributed by atoms with Crippen LogP contribution in [0.5, 0.6) is 5.75 Å². The summed E-state index contributed by atoms with van der Waals surface area (Å²) in [5.74, 6) is -0.729. The third-order valence-corrected chi connectivity index (χ3v) is 5.62. The van der Waals surface area contributed by atoms with Gasteiger partial charge in [0.1, 0.15) is 10.8 Å². The molecule has 4 N–H and O–H groups in total. The number of phenolic OH excluding ortho intramolecular Hbond substituents is 1. The lowest BCUT2D eigenvalue weighted by Gasteiger charge is -2.08. The van der Waals surface area contributed by atoms with Crippen molar-refractivity contribution in [2.75, 3.05) is 0 Å². The summed E-state index contributed by atoms with van der Waals surface area (Å²) in [7, 11) is -3.80. The van der Waals surface area contributed by atoms with Gasteiger partial charge in [-0.25, -0.2) is 8.42 Å². The maximum Gasteiger partial charge on any atom is 0.259 e. The average molecular weight is 376 g/mol. The molecule has 0 saturated carbocycles. The summed E-state index contributed by atoms with van der Waals surface area (Å²) < 4.78 is 24.6. The molecular weight excluding hydrogens is 360 g/mol. The van der Waals surface area contributed by atoms with E-state index in [1.165, 1.54) is 29.7 Å². The number of carbonyl (C=O) groups excluding carboxylic acids is 1. The number of para-hydroxylation sites is 1. The van der Waals surface area contributed by atoms with E-state index in [0.717, 1.165) is 11.8 Å². The fourth-order valence-electron chi connectivity index (χ4n) is 1.82. The Balaban J connectivity index is 2.05. The molecule has 2 aromatic carbocycles. The second-order valence-corrected chi connectivity index (χ2v) is 7.76. The van der Waals surface area contributed by atoms with E-state index in [4.69, 9.17) is 5.73 Å². The molecule has 6 nitrogen and oxygen atoms in total. The van der Waals surface area contributed by atoms with Crippen LogP contribution in [-0.2, 0) is 9.84 Å². The largest absolute Gasteiger partial charge is 0.507 e. The first-order valence-corrected chi connectivity index (χ1v) is 9.39. The van der Waals surface area contributed by atoms with Crippen LogP contribution in [0.3, 0.4) is 0 Å². The van der Waals surface area contributed by atoms with Gasteiger partial charge in [-0.05, 0) is 24.3 Å². The first-order valence-electron chi connectivity index (χ1n) is 7.03. The van der Waals surface area contributed by atoms with Crippen molar-refractivity contribution in [2.24, 2.45) is 5.73 Å². The van der Waals surface area contributed by atoms with Crippen molar-refractivity contribution in [3.63, 3.8) is 0 Å². The average Bonchev–Trinajstić information content (AvgIpc) is 2.60. The number of carbonyl (C=O) groups is 1. The summed E-state index contributed by atoms with van der Waals surface area (Å²) in [6, 6.07) is 13.8.